The summed E-state index contributed by atoms with van der Waals surface area (Å²) in [5, 5.41) is 0.475. The Morgan fingerprint density at radius 2 is 1.66 bits per heavy atom. The standard InChI is InChI=1S/C21H22Cl2N2O3S/c22-18-5-6-19(23)20(13-18)29(27,28)25-11-8-16(9-12-25)21(26)24-10-7-15-3-1-2-4-17(15)14-24/h1-6,13,16H,7-12,14H2. The molecule has 5 nitrogen and oxygen atoms in total. The summed E-state index contributed by atoms with van der Waals surface area (Å²) in [4.78, 5) is 14.9. The second-order valence-corrected chi connectivity index (χ2v) is 10.3. The number of nitrogens with zero attached hydrogens (tertiary/aromatic N) is 2. The van der Waals surface area contributed by atoms with E-state index in [1.807, 2.05) is 17.0 Å². The van der Waals surface area contributed by atoms with Gasteiger partial charge in [0.05, 0.1) is 5.02 Å². The number of amides is 1. The normalized spacial score (nSPS) is 18.5. The molecule has 2 heterocycles. The molecule has 1 fully saturated rings. The summed E-state index contributed by atoms with van der Waals surface area (Å²) in [5.74, 6) is -0.0288. The van der Waals surface area contributed by atoms with E-state index >= 15 is 0 Å². The zero-order valence-electron chi connectivity index (χ0n) is 15.9. The molecule has 29 heavy (non-hydrogen) atoms. The van der Waals surface area contributed by atoms with Crippen molar-refractivity contribution in [1.82, 2.24) is 9.21 Å². The second-order valence-electron chi connectivity index (χ2n) is 7.53. The van der Waals surface area contributed by atoms with Crippen molar-refractivity contribution in [2.45, 2.75) is 30.7 Å². The van der Waals surface area contributed by atoms with E-state index in [0.29, 0.717) is 44.0 Å². The number of sulfonamides is 1. The number of fused-ring (bicyclic) bond motifs is 1. The van der Waals surface area contributed by atoms with E-state index in [1.165, 1.54) is 27.6 Å². The highest BCUT2D eigenvalue weighted by atomic mass is 35.5. The lowest BCUT2D eigenvalue weighted by molar-refractivity contribution is -0.137. The van der Waals surface area contributed by atoms with Crippen LogP contribution in [0, 0.1) is 5.92 Å². The summed E-state index contributed by atoms with van der Waals surface area (Å²) < 4.78 is 27.3. The first kappa shape index (κ1) is 20.7. The minimum atomic E-state index is -3.74. The van der Waals surface area contributed by atoms with Crippen LogP contribution in [0.4, 0.5) is 0 Å². The summed E-state index contributed by atoms with van der Waals surface area (Å²) in [6, 6.07) is 12.6. The molecule has 0 atom stereocenters. The van der Waals surface area contributed by atoms with Gasteiger partial charge in [0.15, 0.2) is 0 Å². The summed E-state index contributed by atoms with van der Waals surface area (Å²) in [6.07, 6.45) is 1.88. The van der Waals surface area contributed by atoms with Crippen LogP contribution in [0.3, 0.4) is 0 Å². The third-order valence-electron chi connectivity index (χ3n) is 5.76. The van der Waals surface area contributed by atoms with E-state index in [-0.39, 0.29) is 21.7 Å². The van der Waals surface area contributed by atoms with Gasteiger partial charge in [-0.25, -0.2) is 8.42 Å². The lowest BCUT2D eigenvalue weighted by Crippen LogP contribution is -2.45. The molecule has 0 radical (unpaired) electrons. The van der Waals surface area contributed by atoms with Gasteiger partial charge in [0.25, 0.3) is 0 Å². The predicted octanol–water partition coefficient (Wildman–Crippen LogP) is 3.98. The van der Waals surface area contributed by atoms with Gasteiger partial charge in [0.2, 0.25) is 15.9 Å². The van der Waals surface area contributed by atoms with Gasteiger partial charge in [-0.15, -0.1) is 0 Å². The molecule has 4 rings (SSSR count). The zero-order valence-corrected chi connectivity index (χ0v) is 18.2. The molecule has 1 saturated heterocycles. The molecule has 8 heteroatoms. The van der Waals surface area contributed by atoms with Gasteiger partial charge < -0.3 is 4.90 Å². The fourth-order valence-electron chi connectivity index (χ4n) is 4.10. The lowest BCUT2D eigenvalue weighted by atomic mass is 9.94. The van der Waals surface area contributed by atoms with Crippen LogP contribution >= 0.6 is 23.2 Å². The fraction of sp³-hybridized carbons (Fsp3) is 0.381. The monoisotopic (exact) mass is 452 g/mol. The highest BCUT2D eigenvalue weighted by molar-refractivity contribution is 7.89. The summed E-state index contributed by atoms with van der Waals surface area (Å²) >= 11 is 12.1. The van der Waals surface area contributed by atoms with Crippen molar-refractivity contribution >= 4 is 39.1 Å². The number of carbonyl (C=O) groups excluding carboxylic acids is 1. The Balaban J connectivity index is 1.42. The van der Waals surface area contributed by atoms with Crippen LogP contribution in [0.1, 0.15) is 24.0 Å². The summed E-state index contributed by atoms with van der Waals surface area (Å²) in [5.41, 5.74) is 2.50. The van der Waals surface area contributed by atoms with E-state index in [1.54, 1.807) is 6.07 Å². The van der Waals surface area contributed by atoms with Crippen molar-refractivity contribution in [2.24, 2.45) is 5.92 Å². The Morgan fingerprint density at radius 3 is 2.38 bits per heavy atom. The first-order valence-electron chi connectivity index (χ1n) is 9.67. The quantitative estimate of drug-likeness (QED) is 0.707. The minimum Gasteiger partial charge on any atom is -0.338 e. The smallest absolute Gasteiger partial charge is 0.244 e. The lowest BCUT2D eigenvalue weighted by Gasteiger charge is -2.35. The van der Waals surface area contributed by atoms with Gasteiger partial charge in [-0.05, 0) is 48.6 Å². The van der Waals surface area contributed by atoms with Gasteiger partial charge in [0, 0.05) is 37.1 Å². The topological polar surface area (TPSA) is 57.7 Å². The molecule has 0 saturated carbocycles. The molecular weight excluding hydrogens is 431 g/mol. The molecule has 2 aliphatic rings. The Hall–Kier alpha value is -1.60. The van der Waals surface area contributed by atoms with Gasteiger partial charge in [-0.2, -0.15) is 4.31 Å². The van der Waals surface area contributed by atoms with Crippen LogP contribution in [0.25, 0.3) is 0 Å². The number of benzene rings is 2. The maximum atomic E-state index is 13.0. The second kappa shape index (κ2) is 8.26. The van der Waals surface area contributed by atoms with Crippen LogP contribution in [0.5, 0.6) is 0 Å². The first-order valence-corrected chi connectivity index (χ1v) is 11.9. The zero-order chi connectivity index (χ0) is 20.6. The largest absolute Gasteiger partial charge is 0.338 e. The van der Waals surface area contributed by atoms with Gasteiger partial charge in [-0.1, -0.05) is 47.5 Å². The number of carbonyl (C=O) groups is 1. The first-order chi connectivity index (χ1) is 13.9. The molecule has 0 N–H and O–H groups in total. The Morgan fingerprint density at radius 1 is 0.966 bits per heavy atom. The van der Waals surface area contributed by atoms with Crippen molar-refractivity contribution in [3.05, 3.63) is 63.6 Å². The highest BCUT2D eigenvalue weighted by Crippen LogP contribution is 2.31. The van der Waals surface area contributed by atoms with Crippen LogP contribution in [0.15, 0.2) is 47.4 Å². The predicted molar refractivity (Wildman–Crippen MR) is 114 cm³/mol. The molecule has 0 spiro atoms. The summed E-state index contributed by atoms with van der Waals surface area (Å²) in [6.45, 7) is 1.94. The van der Waals surface area contributed by atoms with E-state index < -0.39 is 10.0 Å². The maximum Gasteiger partial charge on any atom is 0.244 e. The number of hydrogen-bond acceptors (Lipinski definition) is 3. The van der Waals surface area contributed by atoms with Crippen molar-refractivity contribution in [3.63, 3.8) is 0 Å². The van der Waals surface area contributed by atoms with E-state index in [4.69, 9.17) is 23.2 Å². The van der Waals surface area contributed by atoms with Gasteiger partial charge in [0.1, 0.15) is 4.90 Å². The molecule has 0 aliphatic carbocycles. The number of rotatable bonds is 3. The third-order valence-corrected chi connectivity index (χ3v) is 8.37. The molecule has 0 aromatic heterocycles. The molecule has 2 aromatic rings. The van der Waals surface area contributed by atoms with E-state index in [2.05, 4.69) is 12.1 Å². The molecule has 2 aromatic carbocycles. The van der Waals surface area contributed by atoms with Crippen molar-refractivity contribution < 1.29 is 13.2 Å². The molecule has 0 unspecified atom stereocenters. The van der Waals surface area contributed by atoms with E-state index in [9.17, 15) is 13.2 Å². The van der Waals surface area contributed by atoms with E-state index in [0.717, 1.165) is 6.42 Å². The van der Waals surface area contributed by atoms with Crippen molar-refractivity contribution in [3.8, 4) is 0 Å². The molecule has 0 bridgehead atoms. The van der Waals surface area contributed by atoms with Crippen molar-refractivity contribution in [1.29, 1.82) is 0 Å². The van der Waals surface area contributed by atoms with Gasteiger partial charge in [-0.3, -0.25) is 4.79 Å². The average Bonchev–Trinajstić information content (AvgIpc) is 2.74. The van der Waals surface area contributed by atoms with Crippen LogP contribution in [-0.2, 0) is 27.8 Å². The molecule has 154 valence electrons. The fourth-order valence-corrected chi connectivity index (χ4v) is 6.31. The minimum absolute atomic E-state index is 0.0177. The van der Waals surface area contributed by atoms with Crippen LogP contribution < -0.4 is 0 Å². The Labute approximate surface area is 181 Å². The number of piperidine rings is 1. The van der Waals surface area contributed by atoms with Crippen LogP contribution in [-0.4, -0.2) is 43.2 Å². The van der Waals surface area contributed by atoms with Gasteiger partial charge >= 0.3 is 0 Å². The van der Waals surface area contributed by atoms with Crippen molar-refractivity contribution in [2.75, 3.05) is 19.6 Å². The maximum absolute atomic E-state index is 13.0. The third kappa shape index (κ3) is 4.17. The Bertz CT molecular complexity index is 1030. The Kier molecular flexibility index (Phi) is 5.89. The number of halogens is 2. The average molecular weight is 453 g/mol. The SMILES string of the molecule is O=C(C1CCN(S(=O)(=O)c2cc(Cl)ccc2Cl)CC1)N1CCc2ccccc2C1. The highest BCUT2D eigenvalue weighted by Gasteiger charge is 2.35. The summed E-state index contributed by atoms with van der Waals surface area (Å²) in [7, 11) is -3.74. The number of hydrogen-bond donors (Lipinski definition) is 0. The molecule has 2 aliphatic heterocycles. The van der Waals surface area contributed by atoms with Crippen LogP contribution in [0.2, 0.25) is 10.0 Å². The molecule has 1 amide bonds. The molecular formula is C21H22Cl2N2O3S.